The van der Waals surface area contributed by atoms with Crippen LogP contribution in [0, 0.1) is 11.8 Å². The zero-order chi connectivity index (χ0) is 79.9. The highest BCUT2D eigenvalue weighted by Gasteiger charge is 2.31. The zero-order valence-corrected chi connectivity index (χ0v) is 73.7. The molecule has 0 saturated carbocycles. The quantitative estimate of drug-likeness (QED) is 0.0222. The van der Waals surface area contributed by atoms with Crippen molar-refractivity contribution in [2.75, 3.05) is 39.6 Å². The molecule has 17 nitrogen and oxygen atoms in total. The first-order chi connectivity index (χ1) is 52.9. The summed E-state index contributed by atoms with van der Waals surface area (Å²) in [5.41, 5.74) is 0. The van der Waals surface area contributed by atoms with E-state index in [1.54, 1.807) is 0 Å². The second-order valence-corrected chi connectivity index (χ2v) is 36.0. The summed E-state index contributed by atoms with van der Waals surface area (Å²) in [6, 6.07) is 0. The van der Waals surface area contributed by atoms with Gasteiger partial charge in [-0.05, 0) is 37.5 Å². The molecule has 648 valence electrons. The third-order valence-corrected chi connectivity index (χ3v) is 23.5. The molecule has 3 N–H and O–H groups in total. The molecule has 0 bridgehead atoms. The van der Waals surface area contributed by atoms with Crippen LogP contribution in [0.15, 0.2) is 0 Å². The maximum Gasteiger partial charge on any atom is 0.472 e. The van der Waals surface area contributed by atoms with E-state index in [0.29, 0.717) is 31.6 Å². The summed E-state index contributed by atoms with van der Waals surface area (Å²) in [5, 5.41) is 10.7. The SMILES string of the molecule is CCCCCCCCCCCCCCCCCCCCCCCC(=O)OC[C@H](COP(=O)(O)OC[C@@H](O)COP(=O)(O)OC[C@@H](COC(=O)CCCCCCCCC(C)C)OC(=O)CCCCCCCCCCCCCCCCCCC)OC(=O)CCCCCCCCCCCCCCCCCCCCC(C)CC. The minimum Gasteiger partial charge on any atom is -0.462 e. The van der Waals surface area contributed by atoms with Crippen LogP contribution >= 0.6 is 15.6 Å². The fourth-order valence-corrected chi connectivity index (χ4v) is 15.7. The topological polar surface area (TPSA) is 237 Å². The van der Waals surface area contributed by atoms with Crippen molar-refractivity contribution in [3.63, 3.8) is 0 Å². The lowest BCUT2D eigenvalue weighted by molar-refractivity contribution is -0.161. The molecule has 0 rings (SSSR count). The number of unbranched alkanes of at least 4 members (excludes halogenated alkanes) is 58. The number of hydrogen-bond acceptors (Lipinski definition) is 15. The molecule has 0 aromatic heterocycles. The fraction of sp³-hybridized carbons (Fsp3) is 0.956. The van der Waals surface area contributed by atoms with Gasteiger partial charge in [-0.2, -0.15) is 0 Å². The van der Waals surface area contributed by atoms with Gasteiger partial charge >= 0.3 is 39.5 Å². The number of phosphoric ester groups is 2. The van der Waals surface area contributed by atoms with Crippen LogP contribution in [0.4, 0.5) is 0 Å². The number of phosphoric acid groups is 2. The van der Waals surface area contributed by atoms with Gasteiger partial charge in [0.15, 0.2) is 12.2 Å². The van der Waals surface area contributed by atoms with Crippen LogP contribution in [0.2, 0.25) is 0 Å². The Balaban J connectivity index is 5.20. The number of carbonyl (C=O) groups excluding carboxylic acids is 4. The molecule has 3 unspecified atom stereocenters. The molecule has 0 spiro atoms. The van der Waals surface area contributed by atoms with Gasteiger partial charge in [-0.25, -0.2) is 9.13 Å². The van der Waals surface area contributed by atoms with E-state index in [2.05, 4.69) is 41.5 Å². The lowest BCUT2D eigenvalue weighted by atomic mass is 9.99. The number of rotatable bonds is 89. The van der Waals surface area contributed by atoms with Crippen molar-refractivity contribution in [2.24, 2.45) is 11.8 Å². The van der Waals surface area contributed by atoms with Crippen molar-refractivity contribution in [1.29, 1.82) is 0 Å². The minimum atomic E-state index is -4.97. The van der Waals surface area contributed by atoms with Gasteiger partial charge in [-0.3, -0.25) is 37.3 Å². The van der Waals surface area contributed by atoms with E-state index in [-0.39, 0.29) is 25.7 Å². The molecule has 0 saturated heterocycles. The molecule has 109 heavy (non-hydrogen) atoms. The predicted molar refractivity (Wildman–Crippen MR) is 451 cm³/mol. The second-order valence-electron chi connectivity index (χ2n) is 33.1. The van der Waals surface area contributed by atoms with Crippen LogP contribution in [0.3, 0.4) is 0 Å². The summed E-state index contributed by atoms with van der Waals surface area (Å²) >= 11 is 0. The third kappa shape index (κ3) is 82.4. The van der Waals surface area contributed by atoms with Crippen molar-refractivity contribution in [3.8, 4) is 0 Å². The average molecular weight is 1590 g/mol. The molecule has 0 aromatic carbocycles. The number of hydrogen-bond donors (Lipinski definition) is 3. The van der Waals surface area contributed by atoms with Crippen LogP contribution < -0.4 is 0 Å². The highest BCUT2D eigenvalue weighted by molar-refractivity contribution is 7.47. The van der Waals surface area contributed by atoms with Gasteiger partial charge in [0.2, 0.25) is 0 Å². The van der Waals surface area contributed by atoms with Crippen molar-refractivity contribution >= 4 is 39.5 Å². The Hall–Kier alpha value is -1.94. The monoisotopic (exact) mass is 1590 g/mol. The van der Waals surface area contributed by atoms with Gasteiger partial charge in [-0.15, -0.1) is 0 Å². The summed E-state index contributed by atoms with van der Waals surface area (Å²) in [7, 11) is -9.93. The zero-order valence-electron chi connectivity index (χ0n) is 71.9. The van der Waals surface area contributed by atoms with Gasteiger partial charge < -0.3 is 33.8 Å². The molecule has 0 aliphatic rings. The Morgan fingerprint density at radius 1 is 0.266 bits per heavy atom. The van der Waals surface area contributed by atoms with Crippen molar-refractivity contribution in [3.05, 3.63) is 0 Å². The van der Waals surface area contributed by atoms with Crippen LogP contribution in [0.25, 0.3) is 0 Å². The standard InChI is InChI=1S/C90H176O17P2/c1-7-10-12-14-16-18-20-22-24-26-27-28-29-34-37-41-45-49-53-60-66-72-87(92)100-78-85(106-89(94)74-68-63-55-51-47-43-39-35-31-30-33-36-40-44-48-52-59-65-71-83(6)9-3)80-104-108(96,97)102-76-84(91)77-103-109(98,99)105-81-86(79-101-88(93)73-67-61-57-56-58-64-70-82(4)5)107-90(95)75-69-62-54-50-46-42-38-32-25-23-21-19-17-15-13-11-8-2/h82-86,91H,7-81H2,1-6H3,(H,96,97)(H,98,99)/t83?,84-,85-,86-/m1/s1. The number of esters is 4. The lowest BCUT2D eigenvalue weighted by Crippen LogP contribution is -2.30. The highest BCUT2D eigenvalue weighted by atomic mass is 31.2. The van der Waals surface area contributed by atoms with Crippen LogP contribution in [0.5, 0.6) is 0 Å². The number of carbonyl (C=O) groups is 4. The van der Waals surface area contributed by atoms with E-state index in [9.17, 15) is 43.2 Å². The summed E-state index contributed by atoms with van der Waals surface area (Å²) in [6.07, 6.45) is 75.3. The molecular formula is C90H176O17P2. The second kappa shape index (κ2) is 81.2. The maximum atomic E-state index is 13.2. The van der Waals surface area contributed by atoms with Crippen LogP contribution in [-0.2, 0) is 65.4 Å². The Kier molecular flexibility index (Phi) is 79.8. The number of aliphatic hydroxyl groups excluding tert-OH is 1. The normalized spacial score (nSPS) is 14.0. The first-order valence-electron chi connectivity index (χ1n) is 46.5. The van der Waals surface area contributed by atoms with E-state index < -0.39 is 97.5 Å². The number of aliphatic hydroxyl groups is 1. The molecule has 6 atom stereocenters. The maximum absolute atomic E-state index is 13.2. The van der Waals surface area contributed by atoms with E-state index in [1.807, 2.05) is 0 Å². The van der Waals surface area contributed by atoms with Gasteiger partial charge in [0, 0.05) is 25.7 Å². The summed E-state index contributed by atoms with van der Waals surface area (Å²) in [6.45, 7) is 9.68. The predicted octanol–water partition coefficient (Wildman–Crippen LogP) is 27.8. The fourth-order valence-electron chi connectivity index (χ4n) is 14.1. The summed E-state index contributed by atoms with van der Waals surface area (Å²) in [5.74, 6) is -0.550. The van der Waals surface area contributed by atoms with Gasteiger partial charge in [0.05, 0.1) is 26.4 Å². The van der Waals surface area contributed by atoms with Gasteiger partial charge in [-0.1, -0.05) is 433 Å². The molecule has 0 aromatic rings. The highest BCUT2D eigenvalue weighted by Crippen LogP contribution is 2.45. The first-order valence-corrected chi connectivity index (χ1v) is 49.5. The lowest BCUT2D eigenvalue weighted by Gasteiger charge is -2.21. The van der Waals surface area contributed by atoms with Crippen LogP contribution in [0.1, 0.15) is 485 Å². The van der Waals surface area contributed by atoms with E-state index in [0.717, 1.165) is 102 Å². The number of ether oxygens (including phenoxy) is 4. The molecule has 0 heterocycles. The Labute approximate surface area is 670 Å². The van der Waals surface area contributed by atoms with Crippen LogP contribution in [-0.4, -0.2) is 96.7 Å². The third-order valence-electron chi connectivity index (χ3n) is 21.6. The molecule has 0 aliphatic heterocycles. The molecule has 0 radical (unpaired) electrons. The first kappa shape index (κ1) is 107. The Morgan fingerprint density at radius 2 is 0.468 bits per heavy atom. The van der Waals surface area contributed by atoms with Gasteiger partial charge in [0.25, 0.3) is 0 Å². The van der Waals surface area contributed by atoms with Gasteiger partial charge in [0.1, 0.15) is 19.3 Å². The van der Waals surface area contributed by atoms with E-state index >= 15 is 0 Å². The molecule has 19 heteroatoms. The minimum absolute atomic E-state index is 0.108. The van der Waals surface area contributed by atoms with Crippen molar-refractivity contribution < 1.29 is 80.2 Å². The average Bonchev–Trinajstić information content (AvgIpc) is 0.907. The Morgan fingerprint density at radius 3 is 0.697 bits per heavy atom. The van der Waals surface area contributed by atoms with Crippen molar-refractivity contribution in [2.45, 2.75) is 503 Å². The largest absolute Gasteiger partial charge is 0.472 e. The molecule has 0 amide bonds. The van der Waals surface area contributed by atoms with E-state index in [4.69, 9.17) is 37.0 Å². The van der Waals surface area contributed by atoms with E-state index in [1.165, 1.54) is 295 Å². The smallest absolute Gasteiger partial charge is 0.462 e. The molecule has 0 aliphatic carbocycles. The Bertz CT molecular complexity index is 2080. The summed E-state index contributed by atoms with van der Waals surface area (Å²) in [4.78, 5) is 73.3. The van der Waals surface area contributed by atoms with Crippen molar-refractivity contribution in [1.82, 2.24) is 0 Å². The molecule has 0 fully saturated rings. The molecular weight excluding hydrogens is 1410 g/mol. The summed E-state index contributed by atoms with van der Waals surface area (Å²) < 4.78 is 69.0.